The van der Waals surface area contributed by atoms with E-state index in [0.717, 1.165) is 17.9 Å². The quantitative estimate of drug-likeness (QED) is 0.692. The van der Waals surface area contributed by atoms with Crippen molar-refractivity contribution in [2.45, 2.75) is 71.3 Å². The monoisotopic (exact) mass is 287 g/mol. The van der Waals surface area contributed by atoms with Crippen LogP contribution in [-0.4, -0.2) is 12.6 Å². The van der Waals surface area contributed by atoms with Crippen molar-refractivity contribution in [3.63, 3.8) is 0 Å². The highest BCUT2D eigenvalue weighted by Crippen LogP contribution is 2.34. The number of rotatable bonds is 8. The van der Waals surface area contributed by atoms with Crippen LogP contribution in [0.3, 0.4) is 0 Å². The third kappa shape index (κ3) is 5.47. The predicted octanol–water partition coefficient (Wildman–Crippen LogP) is 5.20. The minimum atomic E-state index is 0.781. The Morgan fingerprint density at radius 3 is 2.62 bits per heavy atom. The molecule has 1 aliphatic rings. The summed E-state index contributed by atoms with van der Waals surface area (Å²) in [7, 11) is 0. The molecule has 1 fully saturated rings. The van der Waals surface area contributed by atoms with Gasteiger partial charge in [0.1, 0.15) is 0 Å². The molecular formula is C20H33N. The summed E-state index contributed by atoms with van der Waals surface area (Å²) in [6, 6.07) is 11.7. The van der Waals surface area contributed by atoms with Gasteiger partial charge in [-0.1, -0.05) is 50.6 Å². The number of hydrogen-bond donors (Lipinski definition) is 1. The van der Waals surface area contributed by atoms with E-state index in [1.807, 2.05) is 0 Å². The Morgan fingerprint density at radius 1 is 1.10 bits per heavy atom. The second-order valence-corrected chi connectivity index (χ2v) is 6.79. The second kappa shape index (κ2) is 9.25. The summed E-state index contributed by atoms with van der Waals surface area (Å²) < 4.78 is 0. The van der Waals surface area contributed by atoms with Crippen LogP contribution in [0.1, 0.15) is 64.4 Å². The van der Waals surface area contributed by atoms with Gasteiger partial charge in [-0.15, -0.1) is 0 Å². The largest absolute Gasteiger partial charge is 0.314 e. The molecule has 0 saturated heterocycles. The molecule has 0 radical (unpaired) electrons. The molecule has 1 saturated carbocycles. The van der Waals surface area contributed by atoms with Gasteiger partial charge in [0.05, 0.1) is 0 Å². The van der Waals surface area contributed by atoms with Crippen LogP contribution in [0.4, 0.5) is 0 Å². The lowest BCUT2D eigenvalue weighted by Crippen LogP contribution is -2.41. The first kappa shape index (κ1) is 16.5. The van der Waals surface area contributed by atoms with Crippen molar-refractivity contribution >= 4 is 0 Å². The first-order valence-corrected chi connectivity index (χ1v) is 9.10. The Bertz CT molecular complexity index is 373. The van der Waals surface area contributed by atoms with Crippen LogP contribution in [0.2, 0.25) is 0 Å². The second-order valence-electron chi connectivity index (χ2n) is 6.79. The van der Waals surface area contributed by atoms with E-state index < -0.39 is 0 Å². The highest BCUT2D eigenvalue weighted by Gasteiger charge is 2.28. The van der Waals surface area contributed by atoms with Gasteiger partial charge >= 0.3 is 0 Å². The lowest BCUT2D eigenvalue weighted by Gasteiger charge is -2.37. The Labute approximate surface area is 131 Å². The molecule has 1 aromatic carbocycles. The normalized spacial score (nSPS) is 25.9. The summed E-state index contributed by atoms with van der Waals surface area (Å²) in [6.45, 7) is 5.83. The highest BCUT2D eigenvalue weighted by molar-refractivity contribution is 5.14. The molecule has 3 unspecified atom stereocenters. The van der Waals surface area contributed by atoms with Crippen molar-refractivity contribution in [3.8, 4) is 0 Å². The highest BCUT2D eigenvalue weighted by atomic mass is 14.9. The zero-order chi connectivity index (χ0) is 14.9. The third-order valence-corrected chi connectivity index (χ3v) is 5.21. The molecule has 0 spiro atoms. The summed E-state index contributed by atoms with van der Waals surface area (Å²) in [6.07, 6.45) is 10.9. The van der Waals surface area contributed by atoms with Gasteiger partial charge in [-0.3, -0.25) is 0 Å². The summed E-state index contributed by atoms with van der Waals surface area (Å²) in [5.41, 5.74) is 1.50. The number of benzene rings is 1. The van der Waals surface area contributed by atoms with Crippen molar-refractivity contribution in [3.05, 3.63) is 35.9 Å². The van der Waals surface area contributed by atoms with Gasteiger partial charge in [0, 0.05) is 6.04 Å². The molecule has 2 rings (SSSR count). The number of hydrogen-bond acceptors (Lipinski definition) is 1. The standard InChI is InChI=1S/C20H33N/c1-3-15-21-20-14-13-17(4-2)16-19(20)12-8-11-18-9-6-5-7-10-18/h5-7,9-10,17,19-21H,3-4,8,11-16H2,1-2H3. The molecule has 21 heavy (non-hydrogen) atoms. The van der Waals surface area contributed by atoms with E-state index in [2.05, 4.69) is 49.5 Å². The molecule has 0 amide bonds. The fraction of sp³-hybridized carbons (Fsp3) is 0.700. The SMILES string of the molecule is CCCNC1CCC(CC)CC1CCCc1ccccc1. The zero-order valence-electron chi connectivity index (χ0n) is 14.0. The van der Waals surface area contributed by atoms with E-state index in [1.165, 1.54) is 63.5 Å². The first-order valence-electron chi connectivity index (χ1n) is 9.10. The predicted molar refractivity (Wildman–Crippen MR) is 92.6 cm³/mol. The molecule has 1 aromatic rings. The van der Waals surface area contributed by atoms with Crippen molar-refractivity contribution in [2.75, 3.05) is 6.54 Å². The van der Waals surface area contributed by atoms with Crippen molar-refractivity contribution in [1.29, 1.82) is 0 Å². The summed E-state index contributed by atoms with van der Waals surface area (Å²) in [4.78, 5) is 0. The average Bonchev–Trinajstić information content (AvgIpc) is 2.54. The molecule has 0 heterocycles. The smallest absolute Gasteiger partial charge is 0.00955 e. The fourth-order valence-electron chi connectivity index (χ4n) is 3.86. The van der Waals surface area contributed by atoms with E-state index in [9.17, 15) is 0 Å². The maximum Gasteiger partial charge on any atom is 0.00955 e. The summed E-state index contributed by atoms with van der Waals surface area (Å²) >= 11 is 0. The molecule has 118 valence electrons. The topological polar surface area (TPSA) is 12.0 Å². The average molecular weight is 287 g/mol. The minimum absolute atomic E-state index is 0.781. The van der Waals surface area contributed by atoms with Crippen LogP contribution in [-0.2, 0) is 6.42 Å². The molecule has 1 nitrogen and oxygen atoms in total. The van der Waals surface area contributed by atoms with Crippen molar-refractivity contribution in [2.24, 2.45) is 11.8 Å². The molecule has 0 bridgehead atoms. The number of nitrogens with one attached hydrogen (secondary N) is 1. The van der Waals surface area contributed by atoms with Crippen molar-refractivity contribution in [1.82, 2.24) is 5.32 Å². The molecule has 0 aliphatic heterocycles. The molecule has 3 atom stereocenters. The van der Waals surface area contributed by atoms with E-state index in [4.69, 9.17) is 0 Å². The van der Waals surface area contributed by atoms with Crippen LogP contribution in [0, 0.1) is 11.8 Å². The van der Waals surface area contributed by atoms with Gasteiger partial charge in [0.15, 0.2) is 0 Å². The fourth-order valence-corrected chi connectivity index (χ4v) is 3.86. The van der Waals surface area contributed by atoms with Crippen LogP contribution >= 0.6 is 0 Å². The maximum absolute atomic E-state index is 3.81. The van der Waals surface area contributed by atoms with Crippen LogP contribution in [0.15, 0.2) is 30.3 Å². The van der Waals surface area contributed by atoms with Gasteiger partial charge in [-0.25, -0.2) is 0 Å². The van der Waals surface area contributed by atoms with E-state index in [1.54, 1.807) is 0 Å². The molecule has 0 aromatic heterocycles. The molecule has 1 heteroatoms. The van der Waals surface area contributed by atoms with Gasteiger partial charge in [0.25, 0.3) is 0 Å². The van der Waals surface area contributed by atoms with Gasteiger partial charge in [-0.2, -0.15) is 0 Å². The molecule has 1 N–H and O–H groups in total. The van der Waals surface area contributed by atoms with Gasteiger partial charge < -0.3 is 5.32 Å². The summed E-state index contributed by atoms with van der Waals surface area (Å²) in [5.74, 6) is 1.88. The molecule has 1 aliphatic carbocycles. The van der Waals surface area contributed by atoms with Crippen LogP contribution in [0.5, 0.6) is 0 Å². The minimum Gasteiger partial charge on any atom is -0.314 e. The van der Waals surface area contributed by atoms with Crippen molar-refractivity contribution < 1.29 is 0 Å². The first-order chi connectivity index (χ1) is 10.3. The lowest BCUT2D eigenvalue weighted by atomic mass is 9.74. The Hall–Kier alpha value is -0.820. The van der Waals surface area contributed by atoms with Crippen LogP contribution in [0.25, 0.3) is 0 Å². The van der Waals surface area contributed by atoms with E-state index in [0.29, 0.717) is 0 Å². The third-order valence-electron chi connectivity index (χ3n) is 5.21. The maximum atomic E-state index is 3.81. The Balaban J connectivity index is 1.80. The lowest BCUT2D eigenvalue weighted by molar-refractivity contribution is 0.187. The van der Waals surface area contributed by atoms with E-state index in [-0.39, 0.29) is 0 Å². The van der Waals surface area contributed by atoms with E-state index >= 15 is 0 Å². The van der Waals surface area contributed by atoms with Gasteiger partial charge in [-0.05, 0) is 68.9 Å². The van der Waals surface area contributed by atoms with Crippen LogP contribution < -0.4 is 5.32 Å². The Kier molecular flexibility index (Phi) is 7.29. The van der Waals surface area contributed by atoms with Gasteiger partial charge in [0.2, 0.25) is 0 Å². The number of aryl methyl sites for hydroxylation is 1. The summed E-state index contributed by atoms with van der Waals surface area (Å²) in [5, 5.41) is 3.81. The zero-order valence-corrected chi connectivity index (χ0v) is 14.0. The molecular weight excluding hydrogens is 254 g/mol. The Morgan fingerprint density at radius 2 is 1.90 bits per heavy atom.